The van der Waals surface area contributed by atoms with Crippen LogP contribution in [0, 0.1) is 0 Å². The normalized spacial score (nSPS) is 12.7. The van der Waals surface area contributed by atoms with Gasteiger partial charge in [-0.1, -0.05) is 66.7 Å². The Kier molecular flexibility index (Phi) is 6.24. The second-order valence-corrected chi connectivity index (χ2v) is 6.81. The fraction of sp³-hybridized carbons (Fsp3) is 0.174. The molecule has 0 aromatic heterocycles. The molecule has 0 aliphatic rings. The van der Waals surface area contributed by atoms with Gasteiger partial charge < -0.3 is 15.7 Å². The minimum absolute atomic E-state index is 0.246. The third-order valence-electron chi connectivity index (χ3n) is 4.67. The monoisotopic (exact) mass is 390 g/mol. The van der Waals surface area contributed by atoms with Crippen molar-refractivity contribution in [1.29, 1.82) is 0 Å². The van der Waals surface area contributed by atoms with Crippen molar-refractivity contribution in [3.05, 3.63) is 83.9 Å². The number of amides is 2. The molecule has 0 saturated heterocycles. The highest BCUT2D eigenvalue weighted by molar-refractivity contribution is 6.08. The van der Waals surface area contributed by atoms with Gasteiger partial charge in [-0.2, -0.15) is 0 Å². The smallest absolute Gasteiger partial charge is 0.325 e. The van der Waals surface area contributed by atoms with E-state index in [-0.39, 0.29) is 12.3 Å². The van der Waals surface area contributed by atoms with E-state index in [1.54, 1.807) is 12.1 Å². The summed E-state index contributed by atoms with van der Waals surface area (Å²) in [5.41, 5.74) is 1.31. The molecule has 29 heavy (non-hydrogen) atoms. The molecular formula is C23H22N2O4. The van der Waals surface area contributed by atoms with Crippen LogP contribution in [0.2, 0.25) is 0 Å². The van der Waals surface area contributed by atoms with Crippen molar-refractivity contribution in [2.75, 3.05) is 0 Å². The Labute approximate surface area is 168 Å². The third-order valence-corrected chi connectivity index (χ3v) is 4.67. The van der Waals surface area contributed by atoms with Crippen molar-refractivity contribution in [2.45, 2.75) is 25.4 Å². The quantitative estimate of drug-likeness (QED) is 0.578. The molecule has 0 heterocycles. The number of hydrogen-bond acceptors (Lipinski definition) is 3. The van der Waals surface area contributed by atoms with Gasteiger partial charge in [0.25, 0.3) is 5.91 Å². The van der Waals surface area contributed by atoms with Gasteiger partial charge in [-0.3, -0.25) is 14.4 Å². The molecule has 3 N–H and O–H groups in total. The van der Waals surface area contributed by atoms with Crippen LogP contribution >= 0.6 is 0 Å². The predicted molar refractivity (Wildman–Crippen MR) is 111 cm³/mol. The molecule has 2 atom stereocenters. The molecule has 0 bridgehead atoms. The van der Waals surface area contributed by atoms with Crippen molar-refractivity contribution in [1.82, 2.24) is 10.6 Å². The highest BCUT2D eigenvalue weighted by Gasteiger charge is 2.25. The minimum Gasteiger partial charge on any atom is -0.480 e. The summed E-state index contributed by atoms with van der Waals surface area (Å²) in [6.45, 7) is 1.38. The minimum atomic E-state index is -1.14. The van der Waals surface area contributed by atoms with Crippen LogP contribution in [0.4, 0.5) is 0 Å². The molecule has 0 aliphatic heterocycles. The summed E-state index contributed by atoms with van der Waals surface area (Å²) in [6.07, 6.45) is 0.246. The van der Waals surface area contributed by atoms with Gasteiger partial charge in [0, 0.05) is 12.0 Å². The largest absolute Gasteiger partial charge is 0.480 e. The molecule has 3 rings (SSSR count). The zero-order valence-corrected chi connectivity index (χ0v) is 16.0. The first-order chi connectivity index (χ1) is 14.0. The Morgan fingerprint density at radius 3 is 2.24 bits per heavy atom. The first kappa shape index (κ1) is 20.1. The zero-order chi connectivity index (χ0) is 20.8. The molecule has 2 amide bonds. The number of carbonyl (C=O) groups is 3. The van der Waals surface area contributed by atoms with E-state index in [9.17, 15) is 14.4 Å². The van der Waals surface area contributed by atoms with E-state index < -0.39 is 24.0 Å². The van der Waals surface area contributed by atoms with Gasteiger partial charge in [-0.15, -0.1) is 0 Å². The van der Waals surface area contributed by atoms with Crippen LogP contribution in [0.15, 0.2) is 72.8 Å². The van der Waals surface area contributed by atoms with E-state index in [1.165, 1.54) is 6.92 Å². The second-order valence-electron chi connectivity index (χ2n) is 6.81. The van der Waals surface area contributed by atoms with Crippen LogP contribution in [-0.2, 0) is 16.0 Å². The molecule has 3 aromatic carbocycles. The number of carboxylic acid groups (broad SMARTS) is 1. The lowest BCUT2D eigenvalue weighted by atomic mass is 10.0. The van der Waals surface area contributed by atoms with Crippen molar-refractivity contribution in [3.63, 3.8) is 0 Å². The van der Waals surface area contributed by atoms with E-state index in [2.05, 4.69) is 10.6 Å². The fourth-order valence-corrected chi connectivity index (χ4v) is 3.09. The van der Waals surface area contributed by atoms with E-state index in [0.717, 1.165) is 16.3 Å². The highest BCUT2D eigenvalue weighted by Crippen LogP contribution is 2.18. The summed E-state index contributed by atoms with van der Waals surface area (Å²) in [4.78, 5) is 36.8. The molecule has 0 saturated carbocycles. The third kappa shape index (κ3) is 4.99. The summed E-state index contributed by atoms with van der Waals surface area (Å²) in [7, 11) is 0. The van der Waals surface area contributed by atoms with Gasteiger partial charge in [0.1, 0.15) is 12.1 Å². The first-order valence-electron chi connectivity index (χ1n) is 9.31. The molecule has 0 fully saturated rings. The number of aliphatic carboxylic acids is 1. The maximum Gasteiger partial charge on any atom is 0.325 e. The molecule has 0 aliphatic carbocycles. The SMILES string of the molecule is C[C@H](NC(=O)[C@H](Cc1ccccc1)NC(=O)c1cccc2ccccc12)C(=O)O. The summed E-state index contributed by atoms with van der Waals surface area (Å²) < 4.78 is 0. The van der Waals surface area contributed by atoms with Crippen molar-refractivity contribution in [3.8, 4) is 0 Å². The number of nitrogens with one attached hydrogen (secondary N) is 2. The summed E-state index contributed by atoms with van der Waals surface area (Å²) in [6, 6.07) is 20.2. The predicted octanol–water partition coefficient (Wildman–Crippen LogP) is 2.77. The molecule has 0 unspecified atom stereocenters. The molecule has 0 spiro atoms. The number of carboxylic acids is 1. The molecular weight excluding hydrogens is 368 g/mol. The average Bonchev–Trinajstić information content (AvgIpc) is 2.73. The number of benzene rings is 3. The van der Waals surface area contributed by atoms with E-state index in [4.69, 9.17) is 5.11 Å². The molecule has 0 radical (unpaired) electrons. The fourth-order valence-electron chi connectivity index (χ4n) is 3.09. The van der Waals surface area contributed by atoms with Gasteiger partial charge in [0.2, 0.25) is 5.91 Å². The summed E-state index contributed by atoms with van der Waals surface area (Å²) in [5, 5.41) is 16.0. The lowest BCUT2D eigenvalue weighted by molar-refractivity contribution is -0.141. The highest BCUT2D eigenvalue weighted by atomic mass is 16.4. The zero-order valence-electron chi connectivity index (χ0n) is 16.0. The lowest BCUT2D eigenvalue weighted by Crippen LogP contribution is -2.51. The Bertz CT molecular complexity index is 1030. The molecule has 6 nitrogen and oxygen atoms in total. The topological polar surface area (TPSA) is 95.5 Å². The van der Waals surface area contributed by atoms with Crippen LogP contribution in [0.3, 0.4) is 0 Å². The average molecular weight is 390 g/mol. The lowest BCUT2D eigenvalue weighted by Gasteiger charge is -2.20. The van der Waals surface area contributed by atoms with E-state index in [1.807, 2.05) is 60.7 Å². The molecule has 6 heteroatoms. The van der Waals surface area contributed by atoms with Crippen molar-refractivity contribution >= 4 is 28.6 Å². The Morgan fingerprint density at radius 1 is 0.862 bits per heavy atom. The number of carbonyl (C=O) groups excluding carboxylic acids is 2. The van der Waals surface area contributed by atoms with E-state index >= 15 is 0 Å². The van der Waals surface area contributed by atoms with Crippen molar-refractivity contribution < 1.29 is 19.5 Å². The van der Waals surface area contributed by atoms with Crippen molar-refractivity contribution in [2.24, 2.45) is 0 Å². The second kappa shape index (κ2) is 9.01. The Hall–Kier alpha value is -3.67. The summed E-state index contributed by atoms with van der Waals surface area (Å²) in [5.74, 6) is -2.07. The van der Waals surface area contributed by atoms with Crippen LogP contribution in [-0.4, -0.2) is 35.0 Å². The van der Waals surface area contributed by atoms with Gasteiger partial charge in [-0.05, 0) is 29.3 Å². The Balaban J connectivity index is 1.86. The maximum atomic E-state index is 13.0. The van der Waals surface area contributed by atoms with E-state index in [0.29, 0.717) is 5.56 Å². The van der Waals surface area contributed by atoms with Gasteiger partial charge >= 0.3 is 5.97 Å². The maximum absolute atomic E-state index is 13.0. The molecule has 148 valence electrons. The van der Waals surface area contributed by atoms with Gasteiger partial charge in [0.15, 0.2) is 0 Å². The number of fused-ring (bicyclic) bond motifs is 1. The summed E-state index contributed by atoms with van der Waals surface area (Å²) >= 11 is 0. The first-order valence-corrected chi connectivity index (χ1v) is 9.31. The number of hydrogen-bond donors (Lipinski definition) is 3. The van der Waals surface area contributed by atoms with Gasteiger partial charge in [0.05, 0.1) is 0 Å². The van der Waals surface area contributed by atoms with Crippen LogP contribution in [0.1, 0.15) is 22.8 Å². The van der Waals surface area contributed by atoms with Crippen LogP contribution in [0.5, 0.6) is 0 Å². The van der Waals surface area contributed by atoms with Crippen LogP contribution < -0.4 is 10.6 Å². The standard InChI is InChI=1S/C23H22N2O4/c1-15(23(28)29)24-22(27)20(14-16-8-3-2-4-9-16)25-21(26)19-13-7-11-17-10-5-6-12-18(17)19/h2-13,15,20H,14H2,1H3,(H,24,27)(H,25,26)(H,28,29)/t15-,20-/m0/s1. The number of rotatable bonds is 7. The Morgan fingerprint density at radius 2 is 1.52 bits per heavy atom. The van der Waals surface area contributed by atoms with Gasteiger partial charge in [-0.25, -0.2) is 0 Å². The molecule has 3 aromatic rings. The van der Waals surface area contributed by atoms with Crippen LogP contribution in [0.25, 0.3) is 10.8 Å².